The van der Waals surface area contributed by atoms with Crippen LogP contribution in [0.1, 0.15) is 23.9 Å². The molecular formula is C19H19Cl2N5O3. The van der Waals surface area contributed by atoms with Crippen LogP contribution >= 0.6 is 23.2 Å². The summed E-state index contributed by atoms with van der Waals surface area (Å²) < 4.78 is 10.8. The number of aromatic nitrogens is 3. The highest BCUT2D eigenvalue weighted by Gasteiger charge is 2.30. The third kappa shape index (κ3) is 4.72. The Morgan fingerprint density at radius 3 is 3.00 bits per heavy atom. The molecule has 1 aliphatic rings. The number of amides is 2. The van der Waals surface area contributed by atoms with Gasteiger partial charge in [0.1, 0.15) is 5.82 Å². The Bertz CT molecular complexity index is 970. The molecule has 1 saturated heterocycles. The van der Waals surface area contributed by atoms with Gasteiger partial charge in [0.25, 0.3) is 0 Å². The van der Waals surface area contributed by atoms with Crippen LogP contribution in [0, 0.1) is 5.92 Å². The second-order valence-electron chi connectivity index (χ2n) is 6.68. The molecule has 3 heterocycles. The predicted octanol–water partition coefficient (Wildman–Crippen LogP) is 3.95. The smallest absolute Gasteiger partial charge is 0.315 e. The lowest BCUT2D eigenvalue weighted by Crippen LogP contribution is -2.40. The maximum absolute atomic E-state index is 12.6. The van der Waals surface area contributed by atoms with Crippen LogP contribution in [-0.4, -0.2) is 34.4 Å². The fraction of sp³-hybridized carbons (Fsp3) is 0.316. The lowest BCUT2D eigenvalue weighted by atomic mass is 9.92. The van der Waals surface area contributed by atoms with Crippen LogP contribution in [0.5, 0.6) is 0 Å². The van der Waals surface area contributed by atoms with Gasteiger partial charge in [-0.15, -0.1) is 5.10 Å². The molecule has 4 rings (SSSR count). The van der Waals surface area contributed by atoms with Gasteiger partial charge in [-0.05, 0) is 42.3 Å². The number of H-pyrrole nitrogens is 1. The summed E-state index contributed by atoms with van der Waals surface area (Å²) in [7, 11) is 0. The third-order valence-electron chi connectivity index (χ3n) is 4.71. The highest BCUT2D eigenvalue weighted by atomic mass is 35.5. The number of furan rings is 1. The highest BCUT2D eigenvalue weighted by molar-refractivity contribution is 6.33. The van der Waals surface area contributed by atoms with Crippen molar-refractivity contribution >= 4 is 29.2 Å². The number of nitrogens with one attached hydrogen (secondary N) is 3. The Kier molecular flexibility index (Phi) is 6.03. The number of nitrogens with zero attached hydrogens (tertiary/aromatic N) is 2. The van der Waals surface area contributed by atoms with Gasteiger partial charge in [0.05, 0.1) is 25.5 Å². The molecule has 1 fully saturated rings. The number of hydrogen-bond donors (Lipinski definition) is 3. The summed E-state index contributed by atoms with van der Waals surface area (Å²) in [5.41, 5.74) is 0.768. The summed E-state index contributed by atoms with van der Waals surface area (Å²) in [6.45, 7) is 1.37. The first kappa shape index (κ1) is 19.8. The second kappa shape index (κ2) is 8.86. The average molecular weight is 436 g/mol. The summed E-state index contributed by atoms with van der Waals surface area (Å²) in [5.74, 6) is 1.59. The largest absolute Gasteiger partial charge is 0.461 e. The van der Waals surface area contributed by atoms with Crippen molar-refractivity contribution in [2.75, 3.05) is 13.2 Å². The fourth-order valence-corrected chi connectivity index (χ4v) is 3.68. The minimum atomic E-state index is -0.353. The number of halogens is 2. The van der Waals surface area contributed by atoms with Crippen molar-refractivity contribution < 1.29 is 13.9 Å². The zero-order valence-corrected chi connectivity index (χ0v) is 16.8. The van der Waals surface area contributed by atoms with Crippen molar-refractivity contribution in [2.45, 2.75) is 19.0 Å². The van der Waals surface area contributed by atoms with Crippen molar-refractivity contribution in [1.82, 2.24) is 25.8 Å². The van der Waals surface area contributed by atoms with Crippen molar-refractivity contribution in [3.05, 3.63) is 58.0 Å². The molecule has 0 bridgehead atoms. The van der Waals surface area contributed by atoms with E-state index >= 15 is 0 Å². The van der Waals surface area contributed by atoms with Gasteiger partial charge in [0, 0.05) is 22.6 Å². The molecule has 0 saturated carbocycles. The van der Waals surface area contributed by atoms with Crippen molar-refractivity contribution in [2.24, 2.45) is 5.92 Å². The molecule has 1 aromatic carbocycles. The van der Waals surface area contributed by atoms with E-state index in [-0.39, 0.29) is 24.5 Å². The zero-order chi connectivity index (χ0) is 20.2. The number of benzene rings is 1. The monoisotopic (exact) mass is 435 g/mol. The first-order valence-corrected chi connectivity index (χ1v) is 9.88. The number of urea groups is 1. The fourth-order valence-electron chi connectivity index (χ4n) is 3.26. The predicted molar refractivity (Wildman–Crippen MR) is 108 cm³/mol. The summed E-state index contributed by atoms with van der Waals surface area (Å²) in [6, 6.07) is 8.06. The van der Waals surface area contributed by atoms with Crippen molar-refractivity contribution in [3.63, 3.8) is 0 Å². The lowest BCUT2D eigenvalue weighted by molar-refractivity contribution is 0.176. The van der Waals surface area contributed by atoms with E-state index in [1.165, 1.54) is 0 Å². The standard InChI is InChI=1S/C19H19Cl2N5O3/c20-12-3-4-14(21)13(8-12)17(11-5-7-28-10-11)24-19(27)22-9-16-23-18(26-25-16)15-2-1-6-29-15/h1-4,6,8,11,17H,5,7,9-10H2,(H2,22,24,27)(H,23,25,26). The van der Waals surface area contributed by atoms with Gasteiger partial charge in [0.15, 0.2) is 5.76 Å². The molecule has 0 radical (unpaired) electrons. The van der Waals surface area contributed by atoms with Crippen LogP contribution in [0.15, 0.2) is 41.0 Å². The maximum Gasteiger partial charge on any atom is 0.315 e. The van der Waals surface area contributed by atoms with Crippen LogP contribution in [0.3, 0.4) is 0 Å². The van der Waals surface area contributed by atoms with E-state index in [4.69, 9.17) is 32.4 Å². The molecule has 29 heavy (non-hydrogen) atoms. The number of carbonyl (C=O) groups is 1. The van der Waals surface area contributed by atoms with Crippen LogP contribution in [0.2, 0.25) is 10.0 Å². The molecule has 8 nitrogen and oxygen atoms in total. The Morgan fingerprint density at radius 1 is 1.34 bits per heavy atom. The van der Waals surface area contributed by atoms with E-state index in [0.717, 1.165) is 12.0 Å². The first-order chi connectivity index (χ1) is 14.1. The molecule has 2 atom stereocenters. The summed E-state index contributed by atoms with van der Waals surface area (Å²) >= 11 is 12.5. The van der Waals surface area contributed by atoms with Gasteiger partial charge >= 0.3 is 6.03 Å². The van der Waals surface area contributed by atoms with E-state index in [1.807, 2.05) is 0 Å². The Hall–Kier alpha value is -2.55. The maximum atomic E-state index is 12.6. The molecule has 2 amide bonds. The normalized spacial score (nSPS) is 17.2. The Balaban J connectivity index is 1.42. The van der Waals surface area contributed by atoms with E-state index in [2.05, 4.69) is 25.8 Å². The van der Waals surface area contributed by atoms with Crippen molar-refractivity contribution in [3.8, 4) is 11.6 Å². The first-order valence-electron chi connectivity index (χ1n) is 9.12. The Morgan fingerprint density at radius 2 is 2.24 bits per heavy atom. The minimum Gasteiger partial charge on any atom is -0.461 e. The topological polar surface area (TPSA) is 105 Å². The quantitative estimate of drug-likeness (QED) is 0.543. The lowest BCUT2D eigenvalue weighted by Gasteiger charge is -2.25. The van der Waals surface area contributed by atoms with E-state index in [1.54, 1.807) is 36.6 Å². The number of ether oxygens (including phenoxy) is 1. The molecule has 152 valence electrons. The van der Waals surface area contributed by atoms with Crippen LogP contribution < -0.4 is 10.6 Å². The van der Waals surface area contributed by atoms with Crippen LogP contribution in [-0.2, 0) is 11.3 Å². The molecular weight excluding hydrogens is 417 g/mol. The number of rotatable bonds is 6. The molecule has 10 heteroatoms. The van der Waals surface area contributed by atoms with Crippen molar-refractivity contribution in [1.29, 1.82) is 0 Å². The summed E-state index contributed by atoms with van der Waals surface area (Å²) in [4.78, 5) is 16.9. The Labute approximate surface area is 176 Å². The van der Waals surface area contributed by atoms with E-state index < -0.39 is 0 Å². The van der Waals surface area contributed by atoms with Gasteiger partial charge in [-0.1, -0.05) is 23.2 Å². The number of carbonyl (C=O) groups excluding carboxylic acids is 1. The molecule has 3 aromatic rings. The molecule has 1 aliphatic heterocycles. The highest BCUT2D eigenvalue weighted by Crippen LogP contribution is 2.34. The average Bonchev–Trinajstić information content (AvgIpc) is 3.48. The molecule has 0 aliphatic carbocycles. The minimum absolute atomic E-state index is 0.104. The molecule has 0 spiro atoms. The summed E-state index contributed by atoms with van der Waals surface area (Å²) in [5, 5.41) is 13.7. The number of aromatic amines is 1. The number of hydrogen-bond acceptors (Lipinski definition) is 5. The van der Waals surface area contributed by atoms with Gasteiger partial charge < -0.3 is 19.8 Å². The third-order valence-corrected chi connectivity index (χ3v) is 5.28. The van der Waals surface area contributed by atoms with E-state index in [0.29, 0.717) is 40.7 Å². The zero-order valence-electron chi connectivity index (χ0n) is 15.3. The van der Waals surface area contributed by atoms with Gasteiger partial charge in [-0.2, -0.15) is 0 Å². The SMILES string of the molecule is O=C(NCc1nc(-c2ccco2)n[nH]1)NC(c1cc(Cl)ccc1Cl)C1CCOC1. The molecule has 2 unspecified atom stereocenters. The second-order valence-corrected chi connectivity index (χ2v) is 7.52. The molecule has 2 aromatic heterocycles. The van der Waals surface area contributed by atoms with E-state index in [9.17, 15) is 4.79 Å². The molecule has 3 N–H and O–H groups in total. The summed E-state index contributed by atoms with van der Waals surface area (Å²) in [6.07, 6.45) is 2.37. The van der Waals surface area contributed by atoms with Crippen LogP contribution in [0.25, 0.3) is 11.6 Å². The van der Waals surface area contributed by atoms with Gasteiger partial charge in [-0.3, -0.25) is 5.10 Å². The van der Waals surface area contributed by atoms with Gasteiger partial charge in [0.2, 0.25) is 5.82 Å². The van der Waals surface area contributed by atoms with Crippen LogP contribution in [0.4, 0.5) is 4.79 Å². The van der Waals surface area contributed by atoms with Gasteiger partial charge in [-0.25, -0.2) is 9.78 Å².